The van der Waals surface area contributed by atoms with E-state index in [1.807, 2.05) is 12.1 Å². The molecule has 7 heteroatoms. The molecule has 0 fully saturated rings. The molecule has 0 aliphatic rings. The molecule has 0 heterocycles. The third-order valence-corrected chi connectivity index (χ3v) is 6.75. The number of hydrogen-bond donors (Lipinski definition) is 1. The van der Waals surface area contributed by atoms with Gasteiger partial charge in [-0.25, -0.2) is 9.59 Å². The van der Waals surface area contributed by atoms with Crippen LogP contribution in [0.2, 0.25) is 5.02 Å². The largest absolute Gasteiger partial charge is 0.476 e. The van der Waals surface area contributed by atoms with Crippen molar-refractivity contribution in [2.45, 2.75) is 104 Å². The summed E-state index contributed by atoms with van der Waals surface area (Å²) < 4.78 is 16.6. The van der Waals surface area contributed by atoms with Crippen LogP contribution in [0.5, 0.6) is 11.5 Å². The van der Waals surface area contributed by atoms with E-state index in [1.54, 1.807) is 57.2 Å². The van der Waals surface area contributed by atoms with Gasteiger partial charge < -0.3 is 19.5 Å². The summed E-state index contributed by atoms with van der Waals surface area (Å²) in [6, 6.07) is 13.2. The van der Waals surface area contributed by atoms with E-state index in [0.29, 0.717) is 23.1 Å². The molecule has 1 atom stereocenters. The zero-order chi connectivity index (χ0) is 28.5. The summed E-state index contributed by atoms with van der Waals surface area (Å²) >= 11 is 5.97. The predicted molar refractivity (Wildman–Crippen MR) is 157 cm³/mol. The number of carbonyl (C=O) groups is 2. The molecule has 2 aromatic carbocycles. The van der Waals surface area contributed by atoms with Gasteiger partial charge in [0.25, 0.3) is 0 Å². The number of hydrogen-bond acceptors (Lipinski definition) is 6. The van der Waals surface area contributed by atoms with Gasteiger partial charge in [0.1, 0.15) is 17.5 Å². The topological polar surface area (TPSA) is 73.9 Å². The van der Waals surface area contributed by atoms with Crippen LogP contribution in [0.4, 0.5) is 0 Å². The number of carbonyl (C=O) groups excluding carboxylic acids is 2. The lowest BCUT2D eigenvalue weighted by atomic mass is 10.0. The lowest BCUT2D eigenvalue weighted by molar-refractivity contribution is -0.158. The highest BCUT2D eigenvalue weighted by Gasteiger charge is 2.32. The Labute approximate surface area is 239 Å². The zero-order valence-electron chi connectivity index (χ0n) is 24.1. The molecule has 6 nitrogen and oxygen atoms in total. The number of nitrogens with one attached hydrogen (secondary N) is 1. The zero-order valence-corrected chi connectivity index (χ0v) is 24.9. The van der Waals surface area contributed by atoms with E-state index < -0.39 is 23.6 Å². The summed E-state index contributed by atoms with van der Waals surface area (Å²) in [7, 11) is 0. The number of benzene rings is 2. The van der Waals surface area contributed by atoms with Gasteiger partial charge in [0.05, 0.1) is 6.61 Å². The molecule has 0 radical (unpaired) electrons. The summed E-state index contributed by atoms with van der Waals surface area (Å²) in [4.78, 5) is 25.4. The van der Waals surface area contributed by atoms with E-state index in [1.165, 1.54) is 51.4 Å². The van der Waals surface area contributed by atoms with Crippen LogP contribution in [0.15, 0.2) is 48.5 Å². The molecule has 0 aromatic heterocycles. The highest BCUT2D eigenvalue weighted by atomic mass is 35.5. The van der Waals surface area contributed by atoms with Crippen molar-refractivity contribution in [3.05, 3.63) is 59.1 Å². The Bertz CT molecular complexity index is 975. The standard InChI is InChI=1S/C32H46ClNO5/c1-5-7-8-9-10-11-12-13-14-15-24-34-29(30(35)38-27-22-18-26(33)19-23-27)25-16-20-28(21-17-25)39-32(3,4)31(36)37-6-2/h16-23,29,34H,5-15,24H2,1-4H3. The molecule has 0 amide bonds. The SMILES string of the molecule is CCCCCCCCCCCCNC(C(=O)Oc1ccc(Cl)cc1)c1ccc(OC(C)(C)C(=O)OCC)cc1. The minimum Gasteiger partial charge on any atom is -0.476 e. The lowest BCUT2D eigenvalue weighted by Gasteiger charge is -2.24. The smallest absolute Gasteiger partial charge is 0.349 e. The van der Waals surface area contributed by atoms with Crippen LogP contribution in [0.3, 0.4) is 0 Å². The third-order valence-electron chi connectivity index (χ3n) is 6.50. The van der Waals surface area contributed by atoms with Crippen molar-refractivity contribution in [2.24, 2.45) is 0 Å². The molecule has 0 aliphatic heterocycles. The van der Waals surface area contributed by atoms with Crippen LogP contribution in [0.1, 0.15) is 104 Å². The summed E-state index contributed by atoms with van der Waals surface area (Å²) in [6.07, 6.45) is 12.5. The van der Waals surface area contributed by atoms with Crippen LogP contribution in [0.25, 0.3) is 0 Å². The molecule has 0 aliphatic carbocycles. The van der Waals surface area contributed by atoms with Gasteiger partial charge in [-0.15, -0.1) is 0 Å². The minimum atomic E-state index is -1.13. The molecule has 2 rings (SSSR count). The van der Waals surface area contributed by atoms with Crippen LogP contribution >= 0.6 is 11.6 Å². The van der Waals surface area contributed by atoms with Crippen LogP contribution < -0.4 is 14.8 Å². The normalized spacial score (nSPS) is 12.1. The Hall–Kier alpha value is -2.57. The Morgan fingerprint density at radius 1 is 0.795 bits per heavy atom. The van der Waals surface area contributed by atoms with Crippen LogP contribution in [-0.4, -0.2) is 30.7 Å². The van der Waals surface area contributed by atoms with E-state index in [9.17, 15) is 9.59 Å². The molecule has 1 N–H and O–H groups in total. The third kappa shape index (κ3) is 12.4. The van der Waals surface area contributed by atoms with E-state index in [2.05, 4.69) is 12.2 Å². The fraction of sp³-hybridized carbons (Fsp3) is 0.562. The monoisotopic (exact) mass is 559 g/mol. The molecule has 216 valence electrons. The van der Waals surface area contributed by atoms with E-state index >= 15 is 0 Å². The van der Waals surface area contributed by atoms with E-state index in [0.717, 1.165) is 18.4 Å². The molecule has 0 bridgehead atoms. The molecular formula is C32H46ClNO5. The molecule has 0 saturated carbocycles. The second-order valence-corrected chi connectivity index (χ2v) is 10.8. The highest BCUT2D eigenvalue weighted by molar-refractivity contribution is 6.30. The van der Waals surface area contributed by atoms with Crippen molar-refractivity contribution in [1.82, 2.24) is 5.32 Å². The maximum atomic E-state index is 13.2. The number of esters is 2. The summed E-state index contributed by atoms with van der Waals surface area (Å²) in [5, 5.41) is 3.96. The van der Waals surface area contributed by atoms with Gasteiger partial charge in [0.15, 0.2) is 5.60 Å². The lowest BCUT2D eigenvalue weighted by Crippen LogP contribution is -2.39. The maximum absolute atomic E-state index is 13.2. The fourth-order valence-corrected chi connectivity index (χ4v) is 4.37. The Balaban J connectivity index is 1.95. The Morgan fingerprint density at radius 3 is 1.90 bits per heavy atom. The Kier molecular flexibility index (Phi) is 15.0. The molecule has 1 unspecified atom stereocenters. The van der Waals surface area contributed by atoms with Crippen molar-refractivity contribution in [3.8, 4) is 11.5 Å². The first kappa shape index (κ1) is 32.6. The number of unbranched alkanes of at least 4 members (excludes halogenated alkanes) is 9. The average molecular weight is 560 g/mol. The summed E-state index contributed by atoms with van der Waals surface area (Å²) in [5.74, 6) is 0.115. The van der Waals surface area contributed by atoms with Gasteiger partial charge in [-0.2, -0.15) is 0 Å². The van der Waals surface area contributed by atoms with E-state index in [4.69, 9.17) is 25.8 Å². The number of ether oxygens (including phenoxy) is 3. The molecule has 39 heavy (non-hydrogen) atoms. The second kappa shape index (κ2) is 17.9. The highest BCUT2D eigenvalue weighted by Crippen LogP contribution is 2.25. The van der Waals surface area contributed by atoms with Gasteiger partial charge >= 0.3 is 11.9 Å². The van der Waals surface area contributed by atoms with Gasteiger partial charge in [0, 0.05) is 5.02 Å². The first-order valence-corrected chi connectivity index (χ1v) is 14.8. The van der Waals surface area contributed by atoms with Crippen molar-refractivity contribution >= 4 is 23.5 Å². The Morgan fingerprint density at radius 2 is 1.33 bits per heavy atom. The quantitative estimate of drug-likeness (QED) is 0.106. The fourth-order valence-electron chi connectivity index (χ4n) is 4.24. The van der Waals surface area contributed by atoms with Crippen molar-refractivity contribution in [3.63, 3.8) is 0 Å². The van der Waals surface area contributed by atoms with E-state index in [-0.39, 0.29) is 6.61 Å². The number of halogens is 1. The van der Waals surface area contributed by atoms with Crippen molar-refractivity contribution < 1.29 is 23.8 Å². The molecule has 0 saturated heterocycles. The number of rotatable bonds is 19. The summed E-state index contributed by atoms with van der Waals surface area (Å²) in [5.41, 5.74) is -0.375. The van der Waals surface area contributed by atoms with Crippen LogP contribution in [-0.2, 0) is 14.3 Å². The van der Waals surface area contributed by atoms with Crippen molar-refractivity contribution in [2.75, 3.05) is 13.2 Å². The molecular weight excluding hydrogens is 514 g/mol. The second-order valence-electron chi connectivity index (χ2n) is 10.3. The van der Waals surface area contributed by atoms with Crippen molar-refractivity contribution in [1.29, 1.82) is 0 Å². The predicted octanol–water partition coefficient (Wildman–Crippen LogP) is 8.22. The van der Waals surface area contributed by atoms with Gasteiger partial charge in [-0.3, -0.25) is 0 Å². The van der Waals surface area contributed by atoms with Crippen LogP contribution in [0, 0.1) is 0 Å². The van der Waals surface area contributed by atoms with Gasteiger partial charge in [-0.05, 0) is 75.7 Å². The average Bonchev–Trinajstić information content (AvgIpc) is 2.91. The first-order chi connectivity index (χ1) is 18.8. The summed E-state index contributed by atoms with van der Waals surface area (Å²) in [6.45, 7) is 8.32. The maximum Gasteiger partial charge on any atom is 0.349 e. The molecule has 2 aromatic rings. The minimum absolute atomic E-state index is 0.284. The van der Waals surface area contributed by atoms with Gasteiger partial charge in [0.2, 0.25) is 0 Å². The first-order valence-electron chi connectivity index (χ1n) is 14.4. The van der Waals surface area contributed by atoms with Gasteiger partial charge in [-0.1, -0.05) is 88.4 Å². The molecule has 0 spiro atoms.